The van der Waals surface area contributed by atoms with Gasteiger partial charge in [0.25, 0.3) is 5.69 Å². The molecule has 7 heteroatoms. The monoisotopic (exact) mass is 418 g/mol. The maximum absolute atomic E-state index is 11.0. The second kappa shape index (κ2) is 6.24. The SMILES string of the molecule is Cc1cc(Br)c(NC(C)c2cc(Br)cs2)cc1[N+](=O)[O-]. The number of aryl methyl sites for hydroxylation is 1. The van der Waals surface area contributed by atoms with Crippen molar-refractivity contribution in [2.75, 3.05) is 5.32 Å². The van der Waals surface area contributed by atoms with Gasteiger partial charge >= 0.3 is 0 Å². The Morgan fingerprint density at radius 3 is 2.60 bits per heavy atom. The first-order chi connectivity index (χ1) is 9.38. The third-order valence-electron chi connectivity index (χ3n) is 2.87. The first-order valence-electron chi connectivity index (χ1n) is 5.83. The molecule has 0 fully saturated rings. The van der Waals surface area contributed by atoms with E-state index in [2.05, 4.69) is 37.2 Å². The molecule has 1 N–H and O–H groups in total. The summed E-state index contributed by atoms with van der Waals surface area (Å²) in [6, 6.07) is 5.44. The molecule has 1 aromatic heterocycles. The molecule has 0 bridgehead atoms. The number of hydrogen-bond donors (Lipinski definition) is 1. The standard InChI is InChI=1S/C13H12Br2N2O2S/c1-7-3-10(15)11(5-12(7)17(18)19)16-8(2)13-4-9(14)6-20-13/h3-6,8,16H,1-2H3. The second-order valence-electron chi connectivity index (χ2n) is 4.41. The fraction of sp³-hybridized carbons (Fsp3) is 0.231. The maximum atomic E-state index is 11.0. The molecule has 4 nitrogen and oxygen atoms in total. The van der Waals surface area contributed by atoms with E-state index < -0.39 is 0 Å². The number of thiophene rings is 1. The van der Waals surface area contributed by atoms with E-state index in [1.807, 2.05) is 18.4 Å². The summed E-state index contributed by atoms with van der Waals surface area (Å²) in [4.78, 5) is 11.8. The number of nitrogens with one attached hydrogen (secondary N) is 1. The lowest BCUT2D eigenvalue weighted by Gasteiger charge is -2.15. The van der Waals surface area contributed by atoms with E-state index in [0.29, 0.717) is 5.56 Å². The fourth-order valence-electron chi connectivity index (χ4n) is 1.83. The molecule has 0 radical (unpaired) electrons. The topological polar surface area (TPSA) is 55.2 Å². The Balaban J connectivity index is 2.29. The minimum atomic E-state index is -0.362. The number of nitro benzene ring substituents is 1. The number of anilines is 1. The van der Waals surface area contributed by atoms with Gasteiger partial charge in [-0.15, -0.1) is 11.3 Å². The molecule has 0 amide bonds. The first-order valence-corrected chi connectivity index (χ1v) is 8.30. The van der Waals surface area contributed by atoms with Crippen molar-refractivity contribution in [3.63, 3.8) is 0 Å². The molecule has 2 aromatic rings. The van der Waals surface area contributed by atoms with Crippen molar-refractivity contribution in [1.82, 2.24) is 0 Å². The Labute approximate surface area is 137 Å². The Hall–Kier alpha value is -0.920. The van der Waals surface area contributed by atoms with E-state index in [0.717, 1.165) is 19.5 Å². The summed E-state index contributed by atoms with van der Waals surface area (Å²) < 4.78 is 1.86. The summed E-state index contributed by atoms with van der Waals surface area (Å²) in [6.45, 7) is 3.75. The van der Waals surface area contributed by atoms with Gasteiger partial charge < -0.3 is 5.32 Å². The van der Waals surface area contributed by atoms with Crippen LogP contribution in [-0.2, 0) is 0 Å². The van der Waals surface area contributed by atoms with Gasteiger partial charge in [0.15, 0.2) is 0 Å². The molecule has 106 valence electrons. The van der Waals surface area contributed by atoms with Gasteiger partial charge in [-0.05, 0) is 57.8 Å². The van der Waals surface area contributed by atoms with Crippen LogP contribution in [0.25, 0.3) is 0 Å². The van der Waals surface area contributed by atoms with E-state index in [4.69, 9.17) is 0 Å². The minimum Gasteiger partial charge on any atom is -0.377 e. The molecule has 1 aromatic carbocycles. The minimum absolute atomic E-state index is 0.0740. The van der Waals surface area contributed by atoms with Crippen LogP contribution >= 0.6 is 43.2 Å². The van der Waals surface area contributed by atoms with Gasteiger partial charge in [-0.1, -0.05) is 0 Å². The van der Waals surface area contributed by atoms with Crippen LogP contribution < -0.4 is 5.32 Å². The van der Waals surface area contributed by atoms with Crippen molar-refractivity contribution < 1.29 is 4.92 Å². The molecule has 0 aliphatic carbocycles. The van der Waals surface area contributed by atoms with Crippen LogP contribution in [-0.4, -0.2) is 4.92 Å². The Bertz CT molecular complexity index is 658. The lowest BCUT2D eigenvalue weighted by atomic mass is 10.1. The van der Waals surface area contributed by atoms with Gasteiger partial charge in [0, 0.05) is 30.8 Å². The Morgan fingerprint density at radius 1 is 1.35 bits per heavy atom. The lowest BCUT2D eigenvalue weighted by Crippen LogP contribution is -2.06. The van der Waals surface area contributed by atoms with E-state index >= 15 is 0 Å². The number of nitrogens with zero attached hydrogens (tertiary/aromatic N) is 1. The van der Waals surface area contributed by atoms with Crippen molar-refractivity contribution >= 4 is 54.6 Å². The molecule has 1 unspecified atom stereocenters. The van der Waals surface area contributed by atoms with Crippen LogP contribution in [0.4, 0.5) is 11.4 Å². The second-order valence-corrected chi connectivity index (χ2v) is 7.12. The summed E-state index contributed by atoms with van der Waals surface area (Å²) in [5.74, 6) is 0. The molecule has 1 heterocycles. The summed E-state index contributed by atoms with van der Waals surface area (Å²) in [7, 11) is 0. The van der Waals surface area contributed by atoms with E-state index in [1.54, 1.807) is 30.4 Å². The number of nitro groups is 1. The molecular formula is C13H12Br2N2O2S. The van der Waals surface area contributed by atoms with Crippen LogP contribution in [0.2, 0.25) is 0 Å². The maximum Gasteiger partial charge on any atom is 0.274 e. The highest BCUT2D eigenvalue weighted by atomic mass is 79.9. The van der Waals surface area contributed by atoms with Gasteiger partial charge in [0.05, 0.1) is 16.7 Å². The zero-order chi connectivity index (χ0) is 14.9. The van der Waals surface area contributed by atoms with Gasteiger partial charge in [-0.2, -0.15) is 0 Å². The predicted molar refractivity (Wildman–Crippen MR) is 89.6 cm³/mol. The van der Waals surface area contributed by atoms with Crippen molar-refractivity contribution in [1.29, 1.82) is 0 Å². The summed E-state index contributed by atoms with van der Waals surface area (Å²) >= 11 is 8.51. The number of hydrogen-bond acceptors (Lipinski definition) is 4. The predicted octanol–water partition coefficient (Wildman–Crippen LogP) is 5.66. The highest BCUT2D eigenvalue weighted by Gasteiger charge is 2.16. The quantitative estimate of drug-likeness (QED) is 0.513. The molecule has 0 saturated heterocycles. The van der Waals surface area contributed by atoms with Crippen molar-refractivity contribution in [2.45, 2.75) is 19.9 Å². The number of halogens is 2. The molecular weight excluding hydrogens is 408 g/mol. The van der Waals surface area contributed by atoms with Gasteiger partial charge in [0.2, 0.25) is 0 Å². The number of rotatable bonds is 4. The van der Waals surface area contributed by atoms with Crippen molar-refractivity contribution in [3.8, 4) is 0 Å². The molecule has 0 saturated carbocycles. The zero-order valence-electron chi connectivity index (χ0n) is 10.8. The molecule has 20 heavy (non-hydrogen) atoms. The van der Waals surface area contributed by atoms with Crippen LogP contribution in [0.15, 0.2) is 32.5 Å². The van der Waals surface area contributed by atoms with Gasteiger partial charge in [0.1, 0.15) is 0 Å². The molecule has 0 aliphatic rings. The third kappa shape index (κ3) is 3.39. The van der Waals surface area contributed by atoms with E-state index in [-0.39, 0.29) is 16.7 Å². The van der Waals surface area contributed by atoms with Crippen LogP contribution in [0, 0.1) is 17.0 Å². The molecule has 2 rings (SSSR count). The molecule has 0 spiro atoms. The Kier molecular flexibility index (Phi) is 4.82. The van der Waals surface area contributed by atoms with Crippen LogP contribution in [0.3, 0.4) is 0 Å². The summed E-state index contributed by atoms with van der Waals surface area (Å²) in [6.07, 6.45) is 0. The van der Waals surface area contributed by atoms with E-state index in [9.17, 15) is 10.1 Å². The van der Waals surface area contributed by atoms with Crippen LogP contribution in [0.1, 0.15) is 23.4 Å². The average molecular weight is 420 g/mol. The van der Waals surface area contributed by atoms with Crippen LogP contribution in [0.5, 0.6) is 0 Å². The van der Waals surface area contributed by atoms with Gasteiger partial charge in [-0.25, -0.2) is 0 Å². The van der Waals surface area contributed by atoms with Crippen molar-refractivity contribution in [3.05, 3.63) is 53.1 Å². The first kappa shape index (κ1) is 15.5. The highest BCUT2D eigenvalue weighted by Crippen LogP contribution is 2.34. The molecule has 0 aliphatic heterocycles. The van der Waals surface area contributed by atoms with Crippen molar-refractivity contribution in [2.24, 2.45) is 0 Å². The average Bonchev–Trinajstić information content (AvgIpc) is 2.79. The Morgan fingerprint density at radius 2 is 2.05 bits per heavy atom. The largest absolute Gasteiger partial charge is 0.377 e. The van der Waals surface area contributed by atoms with Gasteiger partial charge in [-0.3, -0.25) is 10.1 Å². The highest BCUT2D eigenvalue weighted by molar-refractivity contribution is 9.10. The zero-order valence-corrected chi connectivity index (χ0v) is 14.8. The summed E-state index contributed by atoms with van der Waals surface area (Å²) in [5, 5.41) is 16.3. The summed E-state index contributed by atoms with van der Waals surface area (Å²) in [5.41, 5.74) is 1.48. The third-order valence-corrected chi connectivity index (χ3v) is 5.40. The lowest BCUT2D eigenvalue weighted by molar-refractivity contribution is -0.385. The smallest absolute Gasteiger partial charge is 0.274 e. The fourth-order valence-corrected chi connectivity index (χ4v) is 3.85. The number of benzene rings is 1. The normalized spacial score (nSPS) is 12.2. The van der Waals surface area contributed by atoms with E-state index in [1.165, 1.54) is 0 Å². The molecule has 1 atom stereocenters.